The maximum absolute atomic E-state index is 3.97. The maximum atomic E-state index is 3.97. The third-order valence-electron chi connectivity index (χ3n) is 1.95. The molecule has 2 rings (SSSR count). The van der Waals surface area contributed by atoms with Crippen molar-refractivity contribution in [2.75, 3.05) is 0 Å². The molecular formula is C7H12N8S. The van der Waals surface area contributed by atoms with Gasteiger partial charge in [-0.25, -0.2) is 9.36 Å². The van der Waals surface area contributed by atoms with Crippen LogP contribution in [0.1, 0.15) is 19.2 Å². The molecule has 0 spiro atoms. The molecular weight excluding hydrogens is 228 g/mol. The van der Waals surface area contributed by atoms with Crippen LogP contribution in [0.2, 0.25) is 0 Å². The second-order valence-corrected chi connectivity index (χ2v) is 4.13. The van der Waals surface area contributed by atoms with Gasteiger partial charge in [0.15, 0.2) is 5.82 Å². The van der Waals surface area contributed by atoms with Crippen molar-refractivity contribution in [3.8, 4) is 0 Å². The zero-order chi connectivity index (χ0) is 11.4. The highest BCUT2D eigenvalue weighted by Gasteiger charge is 2.08. The quantitative estimate of drug-likeness (QED) is 0.674. The van der Waals surface area contributed by atoms with Crippen LogP contribution in [0.4, 0.5) is 0 Å². The van der Waals surface area contributed by atoms with Crippen molar-refractivity contribution in [3.63, 3.8) is 0 Å². The van der Waals surface area contributed by atoms with Crippen LogP contribution in [0.15, 0.2) is 5.16 Å². The molecule has 0 bridgehead atoms. The molecule has 0 saturated heterocycles. The minimum absolute atomic E-state index is 0.668. The SMILES string of the molecule is CCCn1nnnc1CSc1nnnn1C. The highest BCUT2D eigenvalue weighted by molar-refractivity contribution is 7.98. The normalized spacial score (nSPS) is 10.9. The fraction of sp³-hybridized carbons (Fsp3) is 0.714. The Kier molecular flexibility index (Phi) is 3.44. The van der Waals surface area contributed by atoms with E-state index in [1.165, 1.54) is 11.8 Å². The van der Waals surface area contributed by atoms with Crippen molar-refractivity contribution in [1.82, 2.24) is 40.4 Å². The summed E-state index contributed by atoms with van der Waals surface area (Å²) in [4.78, 5) is 0. The molecule has 0 N–H and O–H groups in total. The smallest absolute Gasteiger partial charge is 0.209 e. The Morgan fingerprint density at radius 1 is 1.19 bits per heavy atom. The summed E-state index contributed by atoms with van der Waals surface area (Å²) in [6.45, 7) is 2.92. The minimum Gasteiger partial charge on any atom is -0.229 e. The Morgan fingerprint density at radius 2 is 2.00 bits per heavy atom. The van der Waals surface area contributed by atoms with Crippen molar-refractivity contribution < 1.29 is 0 Å². The van der Waals surface area contributed by atoms with Gasteiger partial charge < -0.3 is 0 Å². The van der Waals surface area contributed by atoms with Crippen LogP contribution in [0, 0.1) is 0 Å². The molecule has 9 heteroatoms. The van der Waals surface area contributed by atoms with E-state index in [0.29, 0.717) is 5.75 Å². The summed E-state index contributed by atoms with van der Waals surface area (Å²) in [7, 11) is 1.80. The van der Waals surface area contributed by atoms with E-state index in [9.17, 15) is 0 Å². The molecule has 2 heterocycles. The standard InChI is InChI=1S/C7H12N8S/c1-3-4-15-6(8-10-13-15)5-16-7-9-11-12-14(7)2/h3-5H2,1-2H3. The van der Waals surface area contributed by atoms with Gasteiger partial charge in [0.05, 0.1) is 5.75 Å². The third kappa shape index (κ3) is 2.35. The molecule has 0 aliphatic rings. The Hall–Kier alpha value is -1.51. The first kappa shape index (κ1) is 11.0. The largest absolute Gasteiger partial charge is 0.229 e. The number of rotatable bonds is 5. The summed E-state index contributed by atoms with van der Waals surface area (Å²) in [6.07, 6.45) is 1.01. The fourth-order valence-corrected chi connectivity index (χ4v) is 1.97. The Morgan fingerprint density at radius 3 is 2.69 bits per heavy atom. The second kappa shape index (κ2) is 5.01. The molecule has 0 aliphatic heterocycles. The molecule has 2 aromatic rings. The summed E-state index contributed by atoms with van der Waals surface area (Å²) >= 11 is 1.51. The summed E-state index contributed by atoms with van der Waals surface area (Å²) < 4.78 is 3.43. The highest BCUT2D eigenvalue weighted by atomic mass is 32.2. The first-order valence-corrected chi connectivity index (χ1v) is 5.90. The van der Waals surface area contributed by atoms with Gasteiger partial charge in [0.25, 0.3) is 0 Å². The van der Waals surface area contributed by atoms with E-state index in [-0.39, 0.29) is 0 Å². The lowest BCUT2D eigenvalue weighted by Gasteiger charge is -2.01. The summed E-state index contributed by atoms with van der Waals surface area (Å²) in [5.41, 5.74) is 0. The van der Waals surface area contributed by atoms with Crippen molar-refractivity contribution in [2.45, 2.75) is 30.8 Å². The van der Waals surface area contributed by atoms with E-state index in [0.717, 1.165) is 23.9 Å². The first-order valence-electron chi connectivity index (χ1n) is 4.91. The molecule has 0 aliphatic carbocycles. The first-order chi connectivity index (χ1) is 7.81. The van der Waals surface area contributed by atoms with Crippen LogP contribution >= 0.6 is 11.8 Å². The van der Waals surface area contributed by atoms with E-state index < -0.39 is 0 Å². The second-order valence-electron chi connectivity index (χ2n) is 3.19. The van der Waals surface area contributed by atoms with E-state index >= 15 is 0 Å². The Bertz CT molecular complexity index is 449. The van der Waals surface area contributed by atoms with Crippen molar-refractivity contribution in [3.05, 3.63) is 5.82 Å². The van der Waals surface area contributed by atoms with Gasteiger partial charge in [0.2, 0.25) is 5.16 Å². The minimum atomic E-state index is 0.668. The molecule has 8 nitrogen and oxygen atoms in total. The number of hydrogen-bond donors (Lipinski definition) is 0. The van der Waals surface area contributed by atoms with Crippen LogP contribution < -0.4 is 0 Å². The molecule has 0 aromatic carbocycles. The number of aromatic nitrogens is 8. The zero-order valence-corrected chi connectivity index (χ0v) is 9.92. The molecule has 0 fully saturated rings. The van der Waals surface area contributed by atoms with Gasteiger partial charge in [-0.1, -0.05) is 18.7 Å². The van der Waals surface area contributed by atoms with Crippen LogP contribution in [0.3, 0.4) is 0 Å². The average Bonchev–Trinajstić information content (AvgIpc) is 2.86. The average molecular weight is 240 g/mol. The van der Waals surface area contributed by atoms with Gasteiger partial charge >= 0.3 is 0 Å². The van der Waals surface area contributed by atoms with Crippen LogP contribution in [0.25, 0.3) is 0 Å². The Balaban J connectivity index is 1.99. The van der Waals surface area contributed by atoms with Gasteiger partial charge in [0.1, 0.15) is 0 Å². The highest BCUT2D eigenvalue weighted by Crippen LogP contribution is 2.17. The van der Waals surface area contributed by atoms with E-state index in [1.54, 1.807) is 16.4 Å². The maximum Gasteiger partial charge on any atom is 0.209 e. The van der Waals surface area contributed by atoms with Gasteiger partial charge in [-0.15, -0.1) is 10.2 Å². The lowest BCUT2D eigenvalue weighted by Crippen LogP contribution is -2.04. The van der Waals surface area contributed by atoms with Crippen molar-refractivity contribution in [1.29, 1.82) is 0 Å². The number of aryl methyl sites for hydroxylation is 2. The Labute approximate surface area is 96.4 Å². The molecule has 0 radical (unpaired) electrons. The number of tetrazole rings is 2. The van der Waals surface area contributed by atoms with Gasteiger partial charge in [-0.2, -0.15) is 0 Å². The predicted molar refractivity (Wildman–Crippen MR) is 56.5 cm³/mol. The van der Waals surface area contributed by atoms with Crippen molar-refractivity contribution >= 4 is 11.8 Å². The summed E-state index contributed by atoms with van der Waals surface area (Å²) in [6, 6.07) is 0. The molecule has 0 atom stereocenters. The van der Waals surface area contributed by atoms with Gasteiger partial charge in [0, 0.05) is 13.6 Å². The van der Waals surface area contributed by atoms with Crippen LogP contribution in [-0.4, -0.2) is 40.4 Å². The van der Waals surface area contributed by atoms with Crippen molar-refractivity contribution in [2.24, 2.45) is 7.05 Å². The number of nitrogens with zero attached hydrogens (tertiary/aromatic N) is 8. The molecule has 16 heavy (non-hydrogen) atoms. The zero-order valence-electron chi connectivity index (χ0n) is 9.11. The molecule has 86 valence electrons. The van der Waals surface area contributed by atoms with E-state index in [4.69, 9.17) is 0 Å². The van der Waals surface area contributed by atoms with E-state index in [1.807, 2.05) is 0 Å². The molecule has 0 saturated carbocycles. The van der Waals surface area contributed by atoms with E-state index in [2.05, 4.69) is 38.0 Å². The monoisotopic (exact) mass is 240 g/mol. The third-order valence-corrected chi connectivity index (χ3v) is 2.96. The summed E-state index contributed by atoms with van der Waals surface area (Å²) in [5.74, 6) is 1.51. The number of thioether (sulfide) groups is 1. The fourth-order valence-electron chi connectivity index (χ4n) is 1.18. The van der Waals surface area contributed by atoms with Gasteiger partial charge in [-0.3, -0.25) is 0 Å². The van der Waals surface area contributed by atoms with Gasteiger partial charge in [-0.05, 0) is 27.3 Å². The molecule has 0 unspecified atom stereocenters. The topological polar surface area (TPSA) is 87.2 Å². The van der Waals surface area contributed by atoms with Crippen LogP contribution in [-0.2, 0) is 19.3 Å². The van der Waals surface area contributed by atoms with Crippen LogP contribution in [0.5, 0.6) is 0 Å². The lowest BCUT2D eigenvalue weighted by molar-refractivity contribution is 0.564. The summed E-state index contributed by atoms with van der Waals surface area (Å²) in [5, 5.41) is 23.5. The number of hydrogen-bond acceptors (Lipinski definition) is 7. The lowest BCUT2D eigenvalue weighted by atomic mass is 10.5. The molecule has 2 aromatic heterocycles. The predicted octanol–water partition coefficient (Wildman–Crippen LogP) is -0.101. The molecule has 0 amide bonds.